The molecule has 1 aromatic carbocycles. The van der Waals surface area contributed by atoms with Crippen molar-refractivity contribution in [1.82, 2.24) is 4.90 Å². The molecule has 6 nitrogen and oxygen atoms in total. The molecule has 0 aliphatic carbocycles. The number of fused-ring (bicyclic) bond motifs is 1. The summed E-state index contributed by atoms with van der Waals surface area (Å²) in [7, 11) is 0. The van der Waals surface area contributed by atoms with Crippen LogP contribution in [0.5, 0.6) is 5.75 Å². The van der Waals surface area contributed by atoms with Crippen LogP contribution in [0.25, 0.3) is 0 Å². The third-order valence-corrected chi connectivity index (χ3v) is 4.27. The Morgan fingerprint density at radius 1 is 1.30 bits per heavy atom. The molecule has 124 valence electrons. The number of anilines is 1. The first kappa shape index (κ1) is 15.8. The summed E-state index contributed by atoms with van der Waals surface area (Å²) in [6.45, 7) is 4.17. The molecule has 2 heterocycles. The predicted octanol–water partition coefficient (Wildman–Crippen LogP) is 1.44. The monoisotopic (exact) mass is 318 g/mol. The van der Waals surface area contributed by atoms with Crippen LogP contribution in [0.4, 0.5) is 5.69 Å². The fraction of sp³-hybridized carbons (Fsp3) is 0.529. The summed E-state index contributed by atoms with van der Waals surface area (Å²) in [6, 6.07) is 7.36. The smallest absolute Gasteiger partial charge is 0.242 e. The average molecular weight is 318 g/mol. The zero-order valence-electron chi connectivity index (χ0n) is 13.4. The van der Waals surface area contributed by atoms with Gasteiger partial charge in [0.1, 0.15) is 12.3 Å². The minimum Gasteiger partial charge on any atom is -0.491 e. The second kappa shape index (κ2) is 7.00. The maximum absolute atomic E-state index is 12.6. The Morgan fingerprint density at radius 2 is 2.13 bits per heavy atom. The van der Waals surface area contributed by atoms with Gasteiger partial charge in [-0.25, -0.2) is 0 Å². The van der Waals surface area contributed by atoms with Crippen molar-refractivity contribution in [3.63, 3.8) is 0 Å². The van der Waals surface area contributed by atoms with E-state index in [9.17, 15) is 9.59 Å². The molecule has 0 aromatic heterocycles. The summed E-state index contributed by atoms with van der Waals surface area (Å²) >= 11 is 0. The summed E-state index contributed by atoms with van der Waals surface area (Å²) in [5, 5.41) is 0. The molecule has 1 aromatic rings. The van der Waals surface area contributed by atoms with E-state index in [0.29, 0.717) is 37.7 Å². The Bertz CT molecular complexity index is 590. The van der Waals surface area contributed by atoms with Gasteiger partial charge in [0.15, 0.2) is 0 Å². The molecular formula is C17H22N2O4. The number of amides is 2. The van der Waals surface area contributed by atoms with Gasteiger partial charge in [0.05, 0.1) is 31.4 Å². The summed E-state index contributed by atoms with van der Waals surface area (Å²) in [5.74, 6) is 0.528. The molecule has 0 N–H and O–H groups in total. The van der Waals surface area contributed by atoms with Crippen LogP contribution in [-0.2, 0) is 14.3 Å². The zero-order chi connectivity index (χ0) is 16.2. The Balaban J connectivity index is 1.75. The largest absolute Gasteiger partial charge is 0.491 e. The van der Waals surface area contributed by atoms with Crippen molar-refractivity contribution >= 4 is 17.5 Å². The van der Waals surface area contributed by atoms with Gasteiger partial charge in [-0.3, -0.25) is 14.5 Å². The Labute approximate surface area is 136 Å². The normalized spacial score (nSPS) is 21.4. The first-order valence-corrected chi connectivity index (χ1v) is 8.10. The summed E-state index contributed by atoms with van der Waals surface area (Å²) < 4.78 is 11.2. The van der Waals surface area contributed by atoms with E-state index in [1.165, 1.54) is 0 Å². The van der Waals surface area contributed by atoms with Crippen LogP contribution in [0.2, 0.25) is 0 Å². The molecule has 0 spiro atoms. The van der Waals surface area contributed by atoms with Crippen molar-refractivity contribution in [3.05, 3.63) is 24.3 Å². The van der Waals surface area contributed by atoms with Gasteiger partial charge in [0.2, 0.25) is 11.8 Å². The standard InChI is InChI=1S/C17H22N2O4/c1-2-13-11-18(8-10-22-13)17(21)12-19-14-5-3-4-6-15(14)23-9-7-16(19)20/h3-6,13H,2,7-12H2,1H3. The second-order valence-corrected chi connectivity index (χ2v) is 5.79. The van der Waals surface area contributed by atoms with Gasteiger partial charge in [-0.2, -0.15) is 0 Å². The molecule has 0 radical (unpaired) electrons. The Morgan fingerprint density at radius 3 is 2.96 bits per heavy atom. The van der Waals surface area contributed by atoms with Crippen molar-refractivity contribution in [1.29, 1.82) is 0 Å². The van der Waals surface area contributed by atoms with Crippen molar-refractivity contribution in [2.24, 2.45) is 0 Å². The molecule has 3 rings (SSSR count). The van der Waals surface area contributed by atoms with E-state index in [-0.39, 0.29) is 30.9 Å². The number of benzene rings is 1. The fourth-order valence-electron chi connectivity index (χ4n) is 2.92. The number of hydrogen-bond acceptors (Lipinski definition) is 4. The molecule has 23 heavy (non-hydrogen) atoms. The molecule has 1 atom stereocenters. The highest BCUT2D eigenvalue weighted by atomic mass is 16.5. The topological polar surface area (TPSA) is 59.1 Å². The van der Waals surface area contributed by atoms with E-state index in [1.807, 2.05) is 31.2 Å². The first-order chi connectivity index (χ1) is 11.2. The lowest BCUT2D eigenvalue weighted by atomic mass is 10.2. The number of ether oxygens (including phenoxy) is 2. The van der Waals surface area contributed by atoms with Crippen molar-refractivity contribution in [2.75, 3.05) is 37.7 Å². The molecule has 0 saturated carbocycles. The van der Waals surface area contributed by atoms with Gasteiger partial charge >= 0.3 is 0 Å². The van der Waals surface area contributed by atoms with E-state index >= 15 is 0 Å². The average Bonchev–Trinajstić information content (AvgIpc) is 2.74. The lowest BCUT2D eigenvalue weighted by Gasteiger charge is -2.34. The van der Waals surface area contributed by atoms with Crippen molar-refractivity contribution in [3.8, 4) is 5.75 Å². The molecule has 2 aliphatic heterocycles. The van der Waals surface area contributed by atoms with Crippen LogP contribution >= 0.6 is 0 Å². The summed E-state index contributed by atoms with van der Waals surface area (Å²) in [5.41, 5.74) is 0.670. The van der Waals surface area contributed by atoms with E-state index in [1.54, 1.807) is 9.80 Å². The van der Waals surface area contributed by atoms with Gasteiger partial charge in [-0.15, -0.1) is 0 Å². The number of morpholine rings is 1. The van der Waals surface area contributed by atoms with Crippen LogP contribution < -0.4 is 9.64 Å². The lowest BCUT2D eigenvalue weighted by Crippen LogP contribution is -2.49. The minimum absolute atomic E-state index is 0.0446. The number of para-hydroxylation sites is 2. The molecule has 1 saturated heterocycles. The maximum atomic E-state index is 12.6. The quantitative estimate of drug-likeness (QED) is 0.846. The fourth-order valence-corrected chi connectivity index (χ4v) is 2.92. The van der Waals surface area contributed by atoms with Crippen molar-refractivity contribution < 1.29 is 19.1 Å². The molecule has 0 bridgehead atoms. The van der Waals surface area contributed by atoms with Crippen molar-refractivity contribution in [2.45, 2.75) is 25.9 Å². The number of nitrogens with zero attached hydrogens (tertiary/aromatic N) is 2. The van der Waals surface area contributed by atoms with Gasteiger partial charge in [0.25, 0.3) is 0 Å². The van der Waals surface area contributed by atoms with Crippen LogP contribution in [0.1, 0.15) is 19.8 Å². The van der Waals surface area contributed by atoms with Gasteiger partial charge in [0, 0.05) is 13.1 Å². The summed E-state index contributed by atoms with van der Waals surface area (Å²) in [4.78, 5) is 28.3. The third kappa shape index (κ3) is 3.47. The zero-order valence-corrected chi connectivity index (χ0v) is 13.4. The molecule has 6 heteroatoms. The summed E-state index contributed by atoms with van der Waals surface area (Å²) in [6.07, 6.45) is 1.24. The predicted molar refractivity (Wildman–Crippen MR) is 85.5 cm³/mol. The van der Waals surface area contributed by atoms with E-state index in [4.69, 9.17) is 9.47 Å². The Hall–Kier alpha value is -2.08. The van der Waals surface area contributed by atoms with Crippen LogP contribution in [0.3, 0.4) is 0 Å². The highest BCUT2D eigenvalue weighted by molar-refractivity contribution is 6.00. The van der Waals surface area contributed by atoms with Crippen LogP contribution in [-0.4, -0.2) is 55.7 Å². The number of carbonyl (C=O) groups is 2. The molecule has 1 unspecified atom stereocenters. The van der Waals surface area contributed by atoms with Gasteiger partial charge in [-0.1, -0.05) is 19.1 Å². The molecule has 2 amide bonds. The van der Waals surface area contributed by atoms with E-state index < -0.39 is 0 Å². The SMILES string of the molecule is CCC1CN(C(=O)CN2C(=O)CCOc3ccccc32)CCO1. The molecule has 1 fully saturated rings. The lowest BCUT2D eigenvalue weighted by molar-refractivity contribution is -0.138. The van der Waals surface area contributed by atoms with Crippen LogP contribution in [0.15, 0.2) is 24.3 Å². The molecular weight excluding hydrogens is 296 g/mol. The highest BCUT2D eigenvalue weighted by Gasteiger charge is 2.29. The number of hydrogen-bond donors (Lipinski definition) is 0. The van der Waals surface area contributed by atoms with E-state index in [0.717, 1.165) is 6.42 Å². The van der Waals surface area contributed by atoms with E-state index in [2.05, 4.69) is 0 Å². The second-order valence-electron chi connectivity index (χ2n) is 5.79. The maximum Gasteiger partial charge on any atom is 0.242 e. The number of rotatable bonds is 3. The first-order valence-electron chi connectivity index (χ1n) is 8.10. The molecule has 2 aliphatic rings. The number of carbonyl (C=O) groups excluding carboxylic acids is 2. The van der Waals surface area contributed by atoms with Crippen LogP contribution in [0, 0.1) is 0 Å². The third-order valence-electron chi connectivity index (χ3n) is 4.27. The minimum atomic E-state index is -0.0800. The highest BCUT2D eigenvalue weighted by Crippen LogP contribution is 2.30. The Kier molecular flexibility index (Phi) is 4.81. The van der Waals surface area contributed by atoms with Gasteiger partial charge < -0.3 is 14.4 Å². The van der Waals surface area contributed by atoms with Gasteiger partial charge in [-0.05, 0) is 18.6 Å².